The predicted octanol–water partition coefficient (Wildman–Crippen LogP) is 0.873. The maximum Gasteiger partial charge on any atom is 0.192 e. The highest BCUT2D eigenvalue weighted by molar-refractivity contribution is 8.04. The van der Waals surface area contributed by atoms with Gasteiger partial charge < -0.3 is 4.90 Å². The third kappa shape index (κ3) is 3.47. The third-order valence-corrected chi connectivity index (χ3v) is 2.73. The fraction of sp³-hybridized carbons (Fsp3) is 0.400. The van der Waals surface area contributed by atoms with Crippen LogP contribution in [0.4, 0.5) is 0 Å². The number of carbonyl (C=O) groups excluding carboxylic acids is 2. The van der Waals surface area contributed by atoms with Crippen LogP contribution in [0.2, 0.25) is 0 Å². The molecule has 1 aliphatic rings. The maximum atomic E-state index is 11.3. The van der Waals surface area contributed by atoms with E-state index in [0.29, 0.717) is 4.91 Å². The number of hydrogen-bond donors (Lipinski definition) is 0. The van der Waals surface area contributed by atoms with Crippen LogP contribution in [-0.4, -0.2) is 42.9 Å². The van der Waals surface area contributed by atoms with Gasteiger partial charge in [0.1, 0.15) is 0 Å². The lowest BCUT2D eigenvalue weighted by Crippen LogP contribution is -2.15. The van der Waals surface area contributed by atoms with E-state index < -0.39 is 0 Å². The number of rotatable bonds is 4. The van der Waals surface area contributed by atoms with Crippen molar-refractivity contribution in [1.82, 2.24) is 4.90 Å². The molecule has 0 N–H and O–H groups in total. The summed E-state index contributed by atoms with van der Waals surface area (Å²) in [6, 6.07) is 0. The third-order valence-electron chi connectivity index (χ3n) is 1.71. The van der Waals surface area contributed by atoms with E-state index in [2.05, 4.69) is 0 Å². The van der Waals surface area contributed by atoms with E-state index >= 15 is 0 Å². The Morgan fingerprint density at radius 2 is 2.00 bits per heavy atom. The maximum absolute atomic E-state index is 11.3. The SMILES string of the molecule is CN(C)CCSC1=CC(=O)C=CC1=O. The molecule has 0 aliphatic heterocycles. The highest BCUT2D eigenvalue weighted by Crippen LogP contribution is 2.19. The van der Waals surface area contributed by atoms with Crippen LogP contribution in [-0.2, 0) is 9.59 Å². The summed E-state index contributed by atoms with van der Waals surface area (Å²) in [4.78, 5) is 24.8. The van der Waals surface area contributed by atoms with Crippen LogP contribution in [0.15, 0.2) is 23.1 Å². The number of nitrogens with zero attached hydrogens (tertiary/aromatic N) is 1. The van der Waals surface area contributed by atoms with Crippen LogP contribution in [0, 0.1) is 0 Å². The van der Waals surface area contributed by atoms with Gasteiger partial charge in [0.25, 0.3) is 0 Å². The highest BCUT2D eigenvalue weighted by Gasteiger charge is 2.13. The van der Waals surface area contributed by atoms with E-state index in [1.54, 1.807) is 0 Å². The minimum absolute atomic E-state index is 0.0617. The van der Waals surface area contributed by atoms with Gasteiger partial charge >= 0.3 is 0 Å². The number of ketones is 2. The molecule has 0 saturated heterocycles. The molecule has 1 rings (SSSR count). The fourth-order valence-corrected chi connectivity index (χ4v) is 2.03. The van der Waals surface area contributed by atoms with Gasteiger partial charge in [-0.25, -0.2) is 0 Å². The van der Waals surface area contributed by atoms with Gasteiger partial charge in [-0.1, -0.05) is 0 Å². The molecule has 0 atom stereocenters. The van der Waals surface area contributed by atoms with Crippen molar-refractivity contribution in [2.45, 2.75) is 0 Å². The topological polar surface area (TPSA) is 37.4 Å². The molecule has 0 fully saturated rings. The Morgan fingerprint density at radius 1 is 1.29 bits per heavy atom. The lowest BCUT2D eigenvalue weighted by Gasteiger charge is -2.10. The molecule has 3 nitrogen and oxygen atoms in total. The summed E-state index contributed by atoms with van der Waals surface area (Å²) in [5.41, 5.74) is 0. The average molecular weight is 211 g/mol. The quantitative estimate of drug-likeness (QED) is 0.647. The molecular formula is C10H13NO2S. The van der Waals surface area contributed by atoms with Crippen molar-refractivity contribution in [1.29, 1.82) is 0 Å². The predicted molar refractivity (Wildman–Crippen MR) is 58.2 cm³/mol. The molecule has 0 bridgehead atoms. The van der Waals surface area contributed by atoms with E-state index in [-0.39, 0.29) is 11.6 Å². The summed E-state index contributed by atoms with van der Waals surface area (Å²) in [5, 5.41) is 0. The highest BCUT2D eigenvalue weighted by atomic mass is 32.2. The Morgan fingerprint density at radius 3 is 2.64 bits per heavy atom. The minimum Gasteiger partial charge on any atom is -0.309 e. The van der Waals surface area contributed by atoms with Gasteiger partial charge in [-0.15, -0.1) is 11.8 Å². The minimum atomic E-state index is -0.100. The second kappa shape index (κ2) is 5.12. The van der Waals surface area contributed by atoms with Crippen LogP contribution in [0.1, 0.15) is 0 Å². The summed E-state index contributed by atoms with van der Waals surface area (Å²) >= 11 is 1.44. The van der Waals surface area contributed by atoms with Crippen molar-refractivity contribution >= 4 is 23.3 Å². The fourth-order valence-electron chi connectivity index (χ4n) is 0.939. The van der Waals surface area contributed by atoms with Crippen LogP contribution in [0.3, 0.4) is 0 Å². The van der Waals surface area contributed by atoms with E-state index in [1.807, 2.05) is 19.0 Å². The lowest BCUT2D eigenvalue weighted by atomic mass is 10.2. The standard InChI is InChI=1S/C10H13NO2S/c1-11(2)5-6-14-10-7-8(12)3-4-9(10)13/h3-4,7H,5-6H2,1-2H3. The first-order chi connectivity index (χ1) is 6.59. The van der Waals surface area contributed by atoms with Crippen LogP contribution in [0.5, 0.6) is 0 Å². The molecular weight excluding hydrogens is 198 g/mol. The smallest absolute Gasteiger partial charge is 0.192 e. The molecule has 0 heterocycles. The first-order valence-electron chi connectivity index (χ1n) is 4.35. The van der Waals surface area contributed by atoms with E-state index in [0.717, 1.165) is 12.3 Å². The molecule has 1 aliphatic carbocycles. The van der Waals surface area contributed by atoms with Crippen molar-refractivity contribution in [3.05, 3.63) is 23.1 Å². The monoisotopic (exact) mass is 211 g/mol. The molecule has 0 saturated carbocycles. The van der Waals surface area contributed by atoms with Crippen LogP contribution >= 0.6 is 11.8 Å². The zero-order chi connectivity index (χ0) is 10.6. The van der Waals surface area contributed by atoms with Crippen molar-refractivity contribution in [3.63, 3.8) is 0 Å². The van der Waals surface area contributed by atoms with Gasteiger partial charge in [0.2, 0.25) is 0 Å². The summed E-state index contributed by atoms with van der Waals surface area (Å²) in [7, 11) is 3.95. The van der Waals surface area contributed by atoms with Gasteiger partial charge in [-0.3, -0.25) is 9.59 Å². The number of allylic oxidation sites excluding steroid dienone is 4. The number of carbonyl (C=O) groups is 2. The lowest BCUT2D eigenvalue weighted by molar-refractivity contribution is -0.114. The molecule has 76 valence electrons. The second-order valence-corrected chi connectivity index (χ2v) is 4.40. The molecule has 0 unspecified atom stereocenters. The van der Waals surface area contributed by atoms with E-state index in [4.69, 9.17) is 0 Å². The molecule has 0 aromatic heterocycles. The zero-order valence-corrected chi connectivity index (χ0v) is 9.13. The molecule has 0 aromatic carbocycles. The molecule has 0 aromatic rings. The van der Waals surface area contributed by atoms with Crippen LogP contribution < -0.4 is 0 Å². The van der Waals surface area contributed by atoms with Crippen molar-refractivity contribution in [2.75, 3.05) is 26.4 Å². The summed E-state index contributed by atoms with van der Waals surface area (Å²) in [6.45, 7) is 0.896. The van der Waals surface area contributed by atoms with E-state index in [9.17, 15) is 9.59 Å². The molecule has 0 radical (unpaired) electrons. The van der Waals surface area contributed by atoms with Gasteiger partial charge in [0.15, 0.2) is 11.6 Å². The Hall–Kier alpha value is -0.870. The summed E-state index contributed by atoms with van der Waals surface area (Å²) in [5.74, 6) is 0.663. The van der Waals surface area contributed by atoms with Crippen molar-refractivity contribution in [2.24, 2.45) is 0 Å². The summed E-state index contributed by atoms with van der Waals surface area (Å²) < 4.78 is 0. The molecule has 0 spiro atoms. The number of hydrogen-bond acceptors (Lipinski definition) is 4. The Bertz CT molecular complexity index is 305. The van der Waals surface area contributed by atoms with Crippen LogP contribution in [0.25, 0.3) is 0 Å². The van der Waals surface area contributed by atoms with Gasteiger partial charge in [0.05, 0.1) is 4.91 Å². The average Bonchev–Trinajstić information content (AvgIpc) is 2.10. The Labute approximate surface area is 87.8 Å². The van der Waals surface area contributed by atoms with Gasteiger partial charge in [-0.2, -0.15) is 0 Å². The Kier molecular flexibility index (Phi) is 4.10. The van der Waals surface area contributed by atoms with Crippen molar-refractivity contribution in [3.8, 4) is 0 Å². The first-order valence-corrected chi connectivity index (χ1v) is 5.34. The first kappa shape index (κ1) is 11.2. The van der Waals surface area contributed by atoms with E-state index in [1.165, 1.54) is 30.0 Å². The molecule has 4 heteroatoms. The largest absolute Gasteiger partial charge is 0.309 e. The van der Waals surface area contributed by atoms with Crippen molar-refractivity contribution < 1.29 is 9.59 Å². The second-order valence-electron chi connectivity index (χ2n) is 3.26. The Balaban J connectivity index is 2.44. The van der Waals surface area contributed by atoms with Gasteiger partial charge in [0, 0.05) is 18.4 Å². The molecule has 14 heavy (non-hydrogen) atoms. The summed E-state index contributed by atoms with van der Waals surface area (Å²) in [6.07, 6.45) is 4.04. The zero-order valence-electron chi connectivity index (χ0n) is 8.32. The number of thioether (sulfide) groups is 1. The normalized spacial score (nSPS) is 16.4. The van der Waals surface area contributed by atoms with Gasteiger partial charge in [-0.05, 0) is 26.2 Å². The molecule has 0 amide bonds.